The molecule has 1 aromatic rings. The van der Waals surface area contributed by atoms with E-state index in [-0.39, 0.29) is 0 Å². The highest BCUT2D eigenvalue weighted by Gasteiger charge is 2.15. The van der Waals surface area contributed by atoms with Gasteiger partial charge in [-0.05, 0) is 32.8 Å². The Hall–Kier alpha value is -1.56. The summed E-state index contributed by atoms with van der Waals surface area (Å²) in [5.41, 5.74) is 1.55. The third-order valence-electron chi connectivity index (χ3n) is 2.25. The maximum Gasteiger partial charge on any atom is 0.224 e. The van der Waals surface area contributed by atoms with Gasteiger partial charge in [-0.15, -0.1) is 6.42 Å². The molecule has 0 bridgehead atoms. The normalized spacial score (nSPS) is 11.3. The molecule has 0 unspecified atom stereocenters. The van der Waals surface area contributed by atoms with E-state index in [2.05, 4.69) is 35.1 Å². The van der Waals surface area contributed by atoms with Crippen LogP contribution in [0.3, 0.4) is 0 Å². The van der Waals surface area contributed by atoms with E-state index in [0.29, 0.717) is 11.9 Å². The van der Waals surface area contributed by atoms with Gasteiger partial charge in [0.05, 0.1) is 5.54 Å². The molecule has 0 fully saturated rings. The maximum absolute atomic E-state index is 5.42. The standard InChI is InChI=1S/C13H19N3/c1-7-13(5,6)16-12-14-10(4)8-11(15-12)9(2)3/h1,8-9H,2-6H3,(H,14,15,16). The number of aromatic nitrogens is 2. The first-order valence-corrected chi connectivity index (χ1v) is 5.45. The van der Waals surface area contributed by atoms with Crippen LogP contribution < -0.4 is 5.32 Å². The SMILES string of the molecule is C#CC(C)(C)Nc1nc(C)cc(C(C)C)n1. The minimum Gasteiger partial charge on any atom is -0.338 e. The lowest BCUT2D eigenvalue weighted by Gasteiger charge is -2.20. The summed E-state index contributed by atoms with van der Waals surface area (Å²) in [4.78, 5) is 8.78. The zero-order valence-electron chi connectivity index (χ0n) is 10.6. The molecular weight excluding hydrogens is 198 g/mol. The fourth-order valence-electron chi connectivity index (χ4n) is 1.26. The monoisotopic (exact) mass is 217 g/mol. The molecule has 16 heavy (non-hydrogen) atoms. The van der Waals surface area contributed by atoms with Crippen molar-refractivity contribution in [1.82, 2.24) is 9.97 Å². The Labute approximate surface area is 97.7 Å². The van der Waals surface area contributed by atoms with E-state index >= 15 is 0 Å². The van der Waals surface area contributed by atoms with Gasteiger partial charge in [0.15, 0.2) is 0 Å². The van der Waals surface area contributed by atoms with Crippen LogP contribution in [0.15, 0.2) is 6.07 Å². The summed E-state index contributed by atoms with van der Waals surface area (Å²) in [5.74, 6) is 3.66. The topological polar surface area (TPSA) is 37.8 Å². The quantitative estimate of drug-likeness (QED) is 0.791. The van der Waals surface area contributed by atoms with Crippen LogP contribution in [0.25, 0.3) is 0 Å². The van der Waals surface area contributed by atoms with Gasteiger partial charge in [-0.2, -0.15) is 0 Å². The smallest absolute Gasteiger partial charge is 0.224 e. The third kappa shape index (κ3) is 3.23. The predicted molar refractivity (Wildman–Crippen MR) is 67.4 cm³/mol. The number of aryl methyl sites for hydroxylation is 1. The number of nitrogens with one attached hydrogen (secondary N) is 1. The fourth-order valence-corrected chi connectivity index (χ4v) is 1.26. The van der Waals surface area contributed by atoms with Crippen molar-refractivity contribution in [2.24, 2.45) is 0 Å². The highest BCUT2D eigenvalue weighted by Crippen LogP contribution is 2.16. The molecule has 0 aromatic carbocycles. The van der Waals surface area contributed by atoms with Crippen LogP contribution >= 0.6 is 0 Å². The van der Waals surface area contributed by atoms with Crippen LogP contribution in [0, 0.1) is 19.3 Å². The number of hydrogen-bond donors (Lipinski definition) is 1. The molecular formula is C13H19N3. The van der Waals surface area contributed by atoms with E-state index in [1.807, 2.05) is 26.8 Å². The molecule has 3 heteroatoms. The second kappa shape index (κ2) is 4.52. The van der Waals surface area contributed by atoms with Gasteiger partial charge in [0.1, 0.15) is 0 Å². The molecule has 0 atom stereocenters. The second-order valence-electron chi connectivity index (χ2n) is 4.81. The molecule has 0 saturated heterocycles. The summed E-state index contributed by atoms with van der Waals surface area (Å²) >= 11 is 0. The van der Waals surface area contributed by atoms with E-state index < -0.39 is 5.54 Å². The van der Waals surface area contributed by atoms with Gasteiger partial charge < -0.3 is 5.32 Å². The Morgan fingerprint density at radius 1 is 1.38 bits per heavy atom. The molecule has 1 N–H and O–H groups in total. The van der Waals surface area contributed by atoms with E-state index in [9.17, 15) is 0 Å². The van der Waals surface area contributed by atoms with Crippen LogP contribution in [0.2, 0.25) is 0 Å². The van der Waals surface area contributed by atoms with Gasteiger partial charge >= 0.3 is 0 Å². The lowest BCUT2D eigenvalue weighted by Crippen LogP contribution is -2.29. The zero-order valence-corrected chi connectivity index (χ0v) is 10.6. The molecule has 0 amide bonds. The van der Waals surface area contributed by atoms with Crippen molar-refractivity contribution in [2.75, 3.05) is 5.32 Å². The number of hydrogen-bond acceptors (Lipinski definition) is 3. The average molecular weight is 217 g/mol. The Morgan fingerprint density at radius 2 is 2.00 bits per heavy atom. The van der Waals surface area contributed by atoms with Crippen LogP contribution in [0.5, 0.6) is 0 Å². The molecule has 0 aliphatic rings. The van der Waals surface area contributed by atoms with Crippen LogP contribution in [-0.2, 0) is 0 Å². The third-order valence-corrected chi connectivity index (χ3v) is 2.25. The molecule has 0 spiro atoms. The first kappa shape index (κ1) is 12.5. The van der Waals surface area contributed by atoms with Gasteiger partial charge in [-0.25, -0.2) is 9.97 Å². The van der Waals surface area contributed by atoms with E-state index in [1.54, 1.807) is 0 Å². The lowest BCUT2D eigenvalue weighted by molar-refractivity contribution is 0.719. The predicted octanol–water partition coefficient (Wildman–Crippen LogP) is 2.73. The van der Waals surface area contributed by atoms with E-state index in [1.165, 1.54) is 0 Å². The van der Waals surface area contributed by atoms with Crippen LogP contribution in [-0.4, -0.2) is 15.5 Å². The lowest BCUT2D eigenvalue weighted by atomic mass is 10.1. The minimum absolute atomic E-state index is 0.385. The summed E-state index contributed by atoms with van der Waals surface area (Å²) < 4.78 is 0. The highest BCUT2D eigenvalue weighted by molar-refractivity contribution is 5.36. The number of rotatable bonds is 3. The second-order valence-corrected chi connectivity index (χ2v) is 4.81. The van der Waals surface area contributed by atoms with Gasteiger partial charge in [-0.3, -0.25) is 0 Å². The summed E-state index contributed by atoms with van der Waals surface area (Å²) in [5, 5.41) is 3.15. The van der Waals surface area contributed by atoms with E-state index in [0.717, 1.165) is 11.4 Å². The van der Waals surface area contributed by atoms with Crippen molar-refractivity contribution in [1.29, 1.82) is 0 Å². The first-order valence-electron chi connectivity index (χ1n) is 5.45. The molecule has 0 radical (unpaired) electrons. The molecule has 1 rings (SSSR count). The van der Waals surface area contributed by atoms with Crippen molar-refractivity contribution in [3.8, 4) is 12.3 Å². The molecule has 0 aliphatic carbocycles. The molecule has 0 aliphatic heterocycles. The minimum atomic E-state index is -0.429. The maximum atomic E-state index is 5.42. The Bertz CT molecular complexity index is 414. The summed E-state index contributed by atoms with van der Waals surface area (Å²) in [7, 11) is 0. The molecule has 1 heterocycles. The molecule has 1 aromatic heterocycles. The average Bonchev–Trinajstić information content (AvgIpc) is 2.16. The summed E-state index contributed by atoms with van der Waals surface area (Å²) in [6.45, 7) is 10.0. The number of nitrogens with zero attached hydrogens (tertiary/aromatic N) is 2. The van der Waals surface area contributed by atoms with Gasteiger partial charge in [-0.1, -0.05) is 19.8 Å². The van der Waals surface area contributed by atoms with Crippen molar-refractivity contribution < 1.29 is 0 Å². The fraction of sp³-hybridized carbons (Fsp3) is 0.538. The summed E-state index contributed by atoms with van der Waals surface area (Å²) in [6.07, 6.45) is 5.42. The van der Waals surface area contributed by atoms with Crippen LogP contribution in [0.1, 0.15) is 45.0 Å². The Kier molecular flexibility index (Phi) is 3.54. The van der Waals surface area contributed by atoms with Gasteiger partial charge in [0.2, 0.25) is 5.95 Å². The number of anilines is 1. The van der Waals surface area contributed by atoms with Crippen molar-refractivity contribution in [2.45, 2.75) is 46.1 Å². The Balaban J connectivity index is 3.03. The van der Waals surface area contributed by atoms with Crippen molar-refractivity contribution in [3.63, 3.8) is 0 Å². The van der Waals surface area contributed by atoms with Crippen molar-refractivity contribution >= 4 is 5.95 Å². The molecule has 0 saturated carbocycles. The first-order chi connectivity index (χ1) is 7.34. The molecule has 86 valence electrons. The van der Waals surface area contributed by atoms with Crippen LogP contribution in [0.4, 0.5) is 5.95 Å². The summed E-state index contributed by atoms with van der Waals surface area (Å²) in [6, 6.07) is 2.00. The zero-order chi connectivity index (χ0) is 12.3. The number of terminal acetylenes is 1. The van der Waals surface area contributed by atoms with E-state index in [4.69, 9.17) is 6.42 Å². The highest BCUT2D eigenvalue weighted by atomic mass is 15.1. The Morgan fingerprint density at radius 3 is 2.50 bits per heavy atom. The van der Waals surface area contributed by atoms with Gasteiger partial charge in [0.25, 0.3) is 0 Å². The largest absolute Gasteiger partial charge is 0.338 e. The molecule has 3 nitrogen and oxygen atoms in total. The van der Waals surface area contributed by atoms with Crippen molar-refractivity contribution in [3.05, 3.63) is 17.5 Å². The van der Waals surface area contributed by atoms with Gasteiger partial charge in [0, 0.05) is 11.4 Å².